The van der Waals surface area contributed by atoms with Gasteiger partial charge in [0.2, 0.25) is 5.91 Å². The number of alkyl carbamates (subject to hydrolysis) is 1. The molecule has 0 saturated carbocycles. The van der Waals surface area contributed by atoms with Gasteiger partial charge in [-0.1, -0.05) is 78.9 Å². The Morgan fingerprint density at radius 1 is 0.929 bits per heavy atom. The molecule has 42 heavy (non-hydrogen) atoms. The van der Waals surface area contributed by atoms with Gasteiger partial charge in [-0.15, -0.1) is 0 Å². The lowest BCUT2D eigenvalue weighted by atomic mass is 9.83. The average molecular weight is 570 g/mol. The van der Waals surface area contributed by atoms with Crippen LogP contribution in [-0.4, -0.2) is 70.7 Å². The molecule has 1 aliphatic heterocycles. The summed E-state index contributed by atoms with van der Waals surface area (Å²) in [7, 11) is 1.50. The number of hydrogen-bond acceptors (Lipinski definition) is 5. The van der Waals surface area contributed by atoms with E-state index in [-0.39, 0.29) is 24.9 Å². The fourth-order valence-corrected chi connectivity index (χ4v) is 6.04. The first-order valence-corrected chi connectivity index (χ1v) is 14.5. The van der Waals surface area contributed by atoms with Crippen molar-refractivity contribution in [2.75, 3.05) is 26.7 Å². The molecule has 3 aromatic rings. The van der Waals surface area contributed by atoms with Crippen LogP contribution in [0.1, 0.15) is 55.7 Å². The van der Waals surface area contributed by atoms with E-state index >= 15 is 0 Å². The van der Waals surface area contributed by atoms with Crippen LogP contribution in [0.5, 0.6) is 0 Å². The summed E-state index contributed by atoms with van der Waals surface area (Å²) in [6, 6.07) is 26.5. The number of fused-ring (bicyclic) bond motifs is 3. The van der Waals surface area contributed by atoms with Gasteiger partial charge in [0.05, 0.1) is 12.0 Å². The van der Waals surface area contributed by atoms with Crippen molar-refractivity contribution >= 4 is 18.0 Å². The van der Waals surface area contributed by atoms with Crippen molar-refractivity contribution in [2.45, 2.75) is 56.7 Å². The third kappa shape index (κ3) is 6.04. The van der Waals surface area contributed by atoms with Crippen LogP contribution < -0.4 is 5.32 Å². The zero-order valence-electron chi connectivity index (χ0n) is 24.5. The maximum atomic E-state index is 13.4. The van der Waals surface area contributed by atoms with Crippen molar-refractivity contribution < 1.29 is 24.2 Å². The van der Waals surface area contributed by atoms with Gasteiger partial charge in [-0.3, -0.25) is 9.69 Å². The van der Waals surface area contributed by atoms with E-state index in [1.165, 1.54) is 31.4 Å². The van der Waals surface area contributed by atoms with Crippen LogP contribution >= 0.6 is 0 Å². The number of rotatable bonds is 9. The number of nitrogens with one attached hydrogen (secondary N) is 1. The van der Waals surface area contributed by atoms with Gasteiger partial charge < -0.3 is 20.1 Å². The lowest BCUT2D eigenvalue weighted by Crippen LogP contribution is -2.59. The SMILES string of the molecule is CN(C(=O)CC1(NC(=O)OCC2c3ccccc3-c3ccccc32)CCN(Cc2ccccc2)CC1)C(C)(C)C(=O)O. The van der Waals surface area contributed by atoms with Gasteiger partial charge in [-0.2, -0.15) is 0 Å². The highest BCUT2D eigenvalue weighted by molar-refractivity contribution is 5.87. The largest absolute Gasteiger partial charge is 0.480 e. The quantitative estimate of drug-likeness (QED) is 0.364. The van der Waals surface area contributed by atoms with E-state index in [0.29, 0.717) is 25.9 Å². The smallest absolute Gasteiger partial charge is 0.407 e. The molecule has 0 atom stereocenters. The Labute approximate surface area is 247 Å². The molecule has 0 unspecified atom stereocenters. The van der Waals surface area contributed by atoms with Gasteiger partial charge in [0.25, 0.3) is 0 Å². The Hall–Kier alpha value is -4.17. The molecule has 3 aromatic carbocycles. The number of aliphatic carboxylic acids is 1. The summed E-state index contributed by atoms with van der Waals surface area (Å²) in [5.74, 6) is -1.50. The number of carbonyl (C=O) groups excluding carboxylic acids is 2. The van der Waals surface area contributed by atoms with Gasteiger partial charge in [0.15, 0.2) is 0 Å². The first-order valence-electron chi connectivity index (χ1n) is 14.5. The molecular formula is C34H39N3O5. The third-order valence-corrected chi connectivity index (χ3v) is 9.00. The maximum absolute atomic E-state index is 13.4. The second-order valence-corrected chi connectivity index (χ2v) is 12.0. The number of hydrogen-bond donors (Lipinski definition) is 2. The van der Waals surface area contributed by atoms with Crippen molar-refractivity contribution in [3.8, 4) is 11.1 Å². The molecule has 8 heteroatoms. The molecule has 0 radical (unpaired) electrons. The van der Waals surface area contributed by atoms with Crippen LogP contribution in [0.3, 0.4) is 0 Å². The number of amides is 2. The monoisotopic (exact) mass is 569 g/mol. The topological polar surface area (TPSA) is 99.2 Å². The Bertz CT molecular complexity index is 1400. The van der Waals surface area contributed by atoms with Crippen LogP contribution in [0.2, 0.25) is 0 Å². The minimum atomic E-state index is -1.38. The third-order valence-electron chi connectivity index (χ3n) is 9.00. The summed E-state index contributed by atoms with van der Waals surface area (Å²) >= 11 is 0. The molecule has 2 N–H and O–H groups in total. The summed E-state index contributed by atoms with van der Waals surface area (Å²) in [6.07, 6.45) is 0.499. The lowest BCUT2D eigenvalue weighted by molar-refractivity contribution is -0.156. The molecule has 0 bridgehead atoms. The van der Waals surface area contributed by atoms with Gasteiger partial charge in [-0.25, -0.2) is 9.59 Å². The van der Waals surface area contributed by atoms with E-state index in [4.69, 9.17) is 4.74 Å². The molecule has 0 spiro atoms. The number of ether oxygens (including phenoxy) is 1. The standard InChI is InChI=1S/C34H39N3O5/c1-33(2,31(39)40)36(3)30(38)21-34(17-19-37(20-18-34)22-24-11-5-4-6-12-24)35-32(41)42-23-29-27-15-9-7-13-25(27)26-14-8-10-16-28(26)29/h4-16,29H,17-23H2,1-3H3,(H,35,41)(H,39,40). The van der Waals surface area contributed by atoms with E-state index < -0.39 is 23.1 Å². The van der Waals surface area contributed by atoms with Crippen molar-refractivity contribution in [3.05, 3.63) is 95.6 Å². The van der Waals surface area contributed by atoms with Gasteiger partial charge in [0.1, 0.15) is 12.1 Å². The predicted molar refractivity (Wildman–Crippen MR) is 161 cm³/mol. The van der Waals surface area contributed by atoms with Crippen LogP contribution in [-0.2, 0) is 20.9 Å². The zero-order chi connectivity index (χ0) is 29.9. The fourth-order valence-electron chi connectivity index (χ4n) is 6.04. The minimum absolute atomic E-state index is 0.0103. The number of carbonyl (C=O) groups is 3. The van der Waals surface area contributed by atoms with Crippen molar-refractivity contribution in [1.29, 1.82) is 0 Å². The van der Waals surface area contributed by atoms with Crippen molar-refractivity contribution in [1.82, 2.24) is 15.1 Å². The molecule has 0 aromatic heterocycles. The van der Waals surface area contributed by atoms with Crippen LogP contribution in [0.4, 0.5) is 4.79 Å². The molecule has 2 amide bonds. The summed E-state index contributed by atoms with van der Waals surface area (Å²) in [5.41, 5.74) is 3.53. The summed E-state index contributed by atoms with van der Waals surface area (Å²) < 4.78 is 5.85. The first-order chi connectivity index (χ1) is 20.1. The molecule has 220 valence electrons. The predicted octanol–water partition coefficient (Wildman–Crippen LogP) is 5.27. The highest BCUT2D eigenvalue weighted by Gasteiger charge is 2.43. The number of piperidine rings is 1. The van der Waals surface area contributed by atoms with Crippen LogP contribution in [0.15, 0.2) is 78.9 Å². The zero-order valence-corrected chi connectivity index (χ0v) is 24.5. The average Bonchev–Trinajstić information content (AvgIpc) is 3.31. The molecule has 8 nitrogen and oxygen atoms in total. The lowest BCUT2D eigenvalue weighted by Gasteiger charge is -2.43. The summed E-state index contributed by atoms with van der Waals surface area (Å²) in [6.45, 7) is 5.32. The highest BCUT2D eigenvalue weighted by atomic mass is 16.5. The molecule has 1 aliphatic carbocycles. The number of carboxylic acid groups (broad SMARTS) is 1. The highest BCUT2D eigenvalue weighted by Crippen LogP contribution is 2.44. The van der Waals surface area contributed by atoms with E-state index in [0.717, 1.165) is 28.8 Å². The van der Waals surface area contributed by atoms with E-state index in [1.54, 1.807) is 0 Å². The van der Waals surface area contributed by atoms with Crippen LogP contribution in [0.25, 0.3) is 11.1 Å². The van der Waals surface area contributed by atoms with Gasteiger partial charge in [0, 0.05) is 32.6 Å². The number of likely N-dealkylation sites (tertiary alicyclic amines) is 1. The molecular weight excluding hydrogens is 530 g/mol. The van der Waals surface area contributed by atoms with Gasteiger partial charge >= 0.3 is 12.1 Å². The summed E-state index contributed by atoms with van der Waals surface area (Å²) in [4.78, 5) is 42.2. The van der Waals surface area contributed by atoms with E-state index in [2.05, 4.69) is 46.6 Å². The van der Waals surface area contributed by atoms with Crippen molar-refractivity contribution in [3.63, 3.8) is 0 Å². The Kier molecular flexibility index (Phi) is 8.36. The Morgan fingerprint density at radius 3 is 2.05 bits per heavy atom. The van der Waals surface area contributed by atoms with Crippen molar-refractivity contribution in [2.24, 2.45) is 0 Å². The van der Waals surface area contributed by atoms with E-state index in [9.17, 15) is 19.5 Å². The number of benzene rings is 3. The second-order valence-electron chi connectivity index (χ2n) is 12.0. The van der Waals surface area contributed by atoms with Gasteiger partial charge in [-0.05, 0) is 54.5 Å². The minimum Gasteiger partial charge on any atom is -0.480 e. The normalized spacial score (nSPS) is 16.3. The van der Waals surface area contributed by atoms with E-state index in [1.807, 2.05) is 42.5 Å². The number of likely N-dealkylation sites (N-methyl/N-ethyl adjacent to an activating group) is 1. The fraction of sp³-hybridized carbons (Fsp3) is 0.382. The molecule has 2 aliphatic rings. The van der Waals surface area contributed by atoms with Crippen LogP contribution in [0, 0.1) is 0 Å². The molecule has 1 heterocycles. The number of nitrogens with zero attached hydrogens (tertiary/aromatic N) is 2. The summed E-state index contributed by atoms with van der Waals surface area (Å²) in [5, 5.41) is 12.7. The maximum Gasteiger partial charge on any atom is 0.407 e. The number of carboxylic acids is 1. The second kappa shape index (κ2) is 12.0. The first kappa shape index (κ1) is 29.3. The Balaban J connectivity index is 1.29. The Morgan fingerprint density at radius 2 is 1.48 bits per heavy atom. The molecule has 1 saturated heterocycles. The molecule has 5 rings (SSSR count). The molecule has 1 fully saturated rings.